The predicted octanol–water partition coefficient (Wildman–Crippen LogP) is 5.39. The van der Waals surface area contributed by atoms with E-state index < -0.39 is 5.78 Å². The molecule has 148 valence electrons. The van der Waals surface area contributed by atoms with E-state index in [-0.39, 0.29) is 11.5 Å². The zero-order valence-electron chi connectivity index (χ0n) is 16.1. The molecule has 0 atom stereocenters. The molecule has 0 fully saturated rings. The fraction of sp³-hybridized carbons (Fsp3) is 0.0417. The van der Waals surface area contributed by atoms with Crippen LogP contribution < -0.4 is 10.1 Å². The molecule has 0 radical (unpaired) electrons. The zero-order valence-corrected chi connectivity index (χ0v) is 16.8. The fourth-order valence-electron chi connectivity index (χ4n) is 2.79. The number of ether oxygens (including phenoxy) is 1. The van der Waals surface area contributed by atoms with Crippen molar-refractivity contribution in [2.75, 3.05) is 12.4 Å². The van der Waals surface area contributed by atoms with E-state index in [1.807, 2.05) is 6.07 Å². The lowest BCUT2D eigenvalue weighted by Crippen LogP contribution is -2.12. The molecule has 0 unspecified atom stereocenters. The first kappa shape index (κ1) is 20.8. The minimum atomic E-state index is -0.415. The van der Waals surface area contributed by atoms with Crippen LogP contribution in [0, 0.1) is 11.3 Å². The molecule has 3 aromatic rings. The summed E-state index contributed by atoms with van der Waals surface area (Å²) in [6.45, 7) is 0. The predicted molar refractivity (Wildman–Crippen MR) is 117 cm³/mol. The first-order valence-corrected chi connectivity index (χ1v) is 9.36. The number of carbonyl (C=O) groups is 2. The summed E-state index contributed by atoms with van der Waals surface area (Å²) < 4.78 is 5.13. The molecular formula is C24H17ClN2O3. The highest BCUT2D eigenvalue weighted by molar-refractivity contribution is 6.34. The van der Waals surface area contributed by atoms with Gasteiger partial charge in [0, 0.05) is 11.3 Å². The maximum absolute atomic E-state index is 12.7. The van der Waals surface area contributed by atoms with Gasteiger partial charge in [-0.3, -0.25) is 9.59 Å². The van der Waals surface area contributed by atoms with E-state index in [0.29, 0.717) is 33.1 Å². The van der Waals surface area contributed by atoms with E-state index in [1.165, 1.54) is 13.2 Å². The molecule has 1 N–H and O–H groups in total. The Kier molecular flexibility index (Phi) is 6.63. The van der Waals surface area contributed by atoms with Crippen molar-refractivity contribution in [3.8, 4) is 11.8 Å². The van der Waals surface area contributed by atoms with Gasteiger partial charge in [0.15, 0.2) is 0 Å². The third-order valence-electron chi connectivity index (χ3n) is 4.27. The van der Waals surface area contributed by atoms with Gasteiger partial charge >= 0.3 is 0 Å². The molecule has 0 aliphatic rings. The lowest BCUT2D eigenvalue weighted by atomic mass is 10.0. The average Bonchev–Trinajstić information content (AvgIpc) is 2.77. The average molecular weight is 417 g/mol. The van der Waals surface area contributed by atoms with Crippen LogP contribution in [-0.2, 0) is 0 Å². The number of hydrogen-bond acceptors (Lipinski definition) is 4. The molecule has 0 spiro atoms. The van der Waals surface area contributed by atoms with Gasteiger partial charge in [0.2, 0.25) is 5.78 Å². The number of ketones is 1. The van der Waals surface area contributed by atoms with Crippen LogP contribution in [0.3, 0.4) is 0 Å². The van der Waals surface area contributed by atoms with Gasteiger partial charge < -0.3 is 10.1 Å². The monoisotopic (exact) mass is 416 g/mol. The third kappa shape index (κ3) is 4.93. The normalized spacial score (nSPS) is 10.8. The Morgan fingerprint density at radius 3 is 2.53 bits per heavy atom. The van der Waals surface area contributed by atoms with Crippen molar-refractivity contribution in [1.82, 2.24) is 0 Å². The topological polar surface area (TPSA) is 79.2 Å². The largest absolute Gasteiger partial charge is 0.497 e. The maximum atomic E-state index is 12.7. The first-order valence-electron chi connectivity index (χ1n) is 8.98. The van der Waals surface area contributed by atoms with Crippen LogP contribution >= 0.6 is 11.6 Å². The number of nitrogens with one attached hydrogen (secondary N) is 1. The molecule has 1 amide bonds. The molecule has 5 nitrogen and oxygen atoms in total. The van der Waals surface area contributed by atoms with Crippen LogP contribution in [0.25, 0.3) is 6.08 Å². The van der Waals surface area contributed by atoms with Crippen molar-refractivity contribution >= 4 is 35.1 Å². The SMILES string of the molecule is COc1cccc(C(=O)/C(C#N)=C/c2cccc(NC(=O)c3ccccc3Cl)c2)c1. The number of hydrogen-bond donors (Lipinski definition) is 1. The minimum Gasteiger partial charge on any atom is -0.497 e. The Labute approximate surface area is 179 Å². The van der Waals surface area contributed by atoms with Gasteiger partial charge in [-0.15, -0.1) is 0 Å². The molecule has 0 aromatic heterocycles. The third-order valence-corrected chi connectivity index (χ3v) is 4.60. The second-order valence-electron chi connectivity index (χ2n) is 6.29. The van der Waals surface area contributed by atoms with Crippen LogP contribution in [0.15, 0.2) is 78.4 Å². The van der Waals surface area contributed by atoms with Crippen LogP contribution in [0.5, 0.6) is 5.75 Å². The molecule has 0 aliphatic heterocycles. The number of Topliss-reactive ketones (excluding diaryl/α,β-unsaturated/α-hetero) is 1. The Morgan fingerprint density at radius 2 is 1.80 bits per heavy atom. The van der Waals surface area contributed by atoms with Crippen molar-refractivity contribution in [2.45, 2.75) is 0 Å². The molecule has 6 heteroatoms. The summed E-state index contributed by atoms with van der Waals surface area (Å²) in [7, 11) is 1.51. The summed E-state index contributed by atoms with van der Waals surface area (Å²) >= 11 is 6.07. The summed E-state index contributed by atoms with van der Waals surface area (Å²) in [5, 5.41) is 12.6. The van der Waals surface area contributed by atoms with E-state index >= 15 is 0 Å². The van der Waals surface area contributed by atoms with Crippen LogP contribution in [0.1, 0.15) is 26.3 Å². The van der Waals surface area contributed by atoms with Gasteiger partial charge in [0.25, 0.3) is 5.91 Å². The zero-order chi connectivity index (χ0) is 21.5. The van der Waals surface area contributed by atoms with E-state index in [1.54, 1.807) is 72.8 Å². The number of anilines is 1. The lowest BCUT2D eigenvalue weighted by Gasteiger charge is -2.08. The Hall–Kier alpha value is -3.88. The molecule has 0 heterocycles. The Bertz CT molecular complexity index is 1180. The number of benzene rings is 3. The molecule has 0 bridgehead atoms. The number of allylic oxidation sites excluding steroid dienone is 1. The minimum absolute atomic E-state index is 0.0298. The molecule has 0 saturated heterocycles. The second kappa shape index (κ2) is 9.55. The number of halogens is 1. The van der Waals surface area contributed by atoms with Gasteiger partial charge in [-0.05, 0) is 48.0 Å². The van der Waals surface area contributed by atoms with Crippen molar-refractivity contribution in [3.05, 3.63) is 100 Å². The van der Waals surface area contributed by atoms with Gasteiger partial charge in [0.1, 0.15) is 17.4 Å². The summed E-state index contributed by atoms with van der Waals surface area (Å²) in [4.78, 5) is 25.2. The lowest BCUT2D eigenvalue weighted by molar-refractivity contribution is 0.102. The summed E-state index contributed by atoms with van der Waals surface area (Å²) in [5.41, 5.74) is 1.79. The number of nitriles is 1. The highest BCUT2D eigenvalue weighted by Gasteiger charge is 2.14. The number of carbonyl (C=O) groups excluding carboxylic acids is 2. The highest BCUT2D eigenvalue weighted by atomic mass is 35.5. The summed E-state index contributed by atoms with van der Waals surface area (Å²) in [6, 6.07) is 22.1. The van der Waals surface area contributed by atoms with Crippen molar-refractivity contribution in [3.63, 3.8) is 0 Å². The van der Waals surface area contributed by atoms with E-state index in [4.69, 9.17) is 16.3 Å². The van der Waals surface area contributed by atoms with E-state index in [9.17, 15) is 14.9 Å². The molecule has 3 rings (SSSR count). The Balaban J connectivity index is 1.84. The number of rotatable bonds is 6. The van der Waals surface area contributed by atoms with E-state index in [0.717, 1.165) is 0 Å². The summed E-state index contributed by atoms with van der Waals surface area (Å²) in [5.74, 6) is -0.237. The van der Waals surface area contributed by atoms with Crippen LogP contribution in [0.4, 0.5) is 5.69 Å². The molecule has 30 heavy (non-hydrogen) atoms. The quantitative estimate of drug-likeness (QED) is 0.332. The number of methoxy groups -OCH3 is 1. The van der Waals surface area contributed by atoms with Crippen molar-refractivity contribution in [2.24, 2.45) is 0 Å². The van der Waals surface area contributed by atoms with Gasteiger partial charge in [-0.2, -0.15) is 5.26 Å². The van der Waals surface area contributed by atoms with Gasteiger partial charge in [-0.1, -0.05) is 48.0 Å². The summed E-state index contributed by atoms with van der Waals surface area (Å²) in [6.07, 6.45) is 1.48. The first-order chi connectivity index (χ1) is 14.5. The Morgan fingerprint density at radius 1 is 1.03 bits per heavy atom. The smallest absolute Gasteiger partial charge is 0.257 e. The van der Waals surface area contributed by atoms with E-state index in [2.05, 4.69) is 5.32 Å². The van der Waals surface area contributed by atoms with Crippen LogP contribution in [-0.4, -0.2) is 18.8 Å². The molecule has 0 aliphatic carbocycles. The molecule has 0 saturated carbocycles. The number of amides is 1. The van der Waals surface area contributed by atoms with Crippen molar-refractivity contribution in [1.29, 1.82) is 5.26 Å². The van der Waals surface area contributed by atoms with Gasteiger partial charge in [-0.25, -0.2) is 0 Å². The highest BCUT2D eigenvalue weighted by Crippen LogP contribution is 2.21. The maximum Gasteiger partial charge on any atom is 0.257 e. The van der Waals surface area contributed by atoms with Gasteiger partial charge in [0.05, 0.1) is 17.7 Å². The van der Waals surface area contributed by atoms with Crippen molar-refractivity contribution < 1.29 is 14.3 Å². The standard InChI is InChI=1S/C24H17ClN2O3/c1-30-20-9-5-7-17(14-20)23(28)18(15-26)12-16-6-4-8-19(13-16)27-24(29)21-10-2-3-11-22(21)25/h2-14H,1H3,(H,27,29)/b18-12+. The number of nitrogens with zero attached hydrogens (tertiary/aromatic N) is 1. The molecule has 3 aromatic carbocycles. The molecular weight excluding hydrogens is 400 g/mol. The van der Waals surface area contributed by atoms with Crippen LogP contribution in [0.2, 0.25) is 5.02 Å². The second-order valence-corrected chi connectivity index (χ2v) is 6.70. The fourth-order valence-corrected chi connectivity index (χ4v) is 3.01.